The number of nitro groups is 1. The summed E-state index contributed by atoms with van der Waals surface area (Å²) >= 11 is 0. The van der Waals surface area contributed by atoms with Crippen LogP contribution in [0.2, 0.25) is 0 Å². The third kappa shape index (κ3) is 3.41. The highest BCUT2D eigenvalue weighted by Crippen LogP contribution is 2.31. The highest BCUT2D eigenvalue weighted by Gasteiger charge is 2.47. The third-order valence-electron chi connectivity index (χ3n) is 4.78. The number of nitro benzene ring substituents is 1. The molecule has 25 heavy (non-hydrogen) atoms. The maximum atomic E-state index is 12.4. The summed E-state index contributed by atoms with van der Waals surface area (Å²) in [6.07, 6.45) is -0.428. The van der Waals surface area contributed by atoms with Crippen LogP contribution in [-0.2, 0) is 16.1 Å². The molecule has 0 spiro atoms. The van der Waals surface area contributed by atoms with Crippen LogP contribution in [-0.4, -0.2) is 63.6 Å². The second-order valence-corrected chi connectivity index (χ2v) is 6.36. The zero-order valence-electron chi connectivity index (χ0n) is 13.7. The zero-order chi connectivity index (χ0) is 18.1. The van der Waals surface area contributed by atoms with Crippen molar-refractivity contribution >= 4 is 17.7 Å². The molecule has 0 saturated carbocycles. The Labute approximate surface area is 143 Å². The van der Waals surface area contributed by atoms with E-state index in [9.17, 15) is 24.8 Å². The molecule has 2 aliphatic heterocycles. The standard InChI is InChI=1S/C16H19N3O6/c1-17-13(7-15(17)21)14-6-12(20)8-18(14)16(22)25-9-10-2-4-11(5-3-10)19(23)24/h2-5,12-14,20H,6-9H2,1H3/t12-,13?,14+/m1/s1. The molecule has 2 saturated heterocycles. The van der Waals surface area contributed by atoms with Gasteiger partial charge in [0.15, 0.2) is 0 Å². The molecule has 9 nitrogen and oxygen atoms in total. The predicted octanol–water partition coefficient (Wildman–Crippen LogP) is 0.897. The van der Waals surface area contributed by atoms with Gasteiger partial charge in [0, 0.05) is 25.6 Å². The highest BCUT2D eigenvalue weighted by atomic mass is 16.6. The van der Waals surface area contributed by atoms with Crippen molar-refractivity contribution in [1.82, 2.24) is 9.80 Å². The van der Waals surface area contributed by atoms with Crippen molar-refractivity contribution in [2.75, 3.05) is 13.6 Å². The number of β-lactam (4-membered cyclic amide) rings is 1. The summed E-state index contributed by atoms with van der Waals surface area (Å²) in [6, 6.07) is 5.39. The highest BCUT2D eigenvalue weighted by molar-refractivity contribution is 5.83. The van der Waals surface area contributed by atoms with Crippen LogP contribution in [0.15, 0.2) is 24.3 Å². The van der Waals surface area contributed by atoms with Crippen molar-refractivity contribution in [1.29, 1.82) is 0 Å². The van der Waals surface area contributed by atoms with Gasteiger partial charge in [0.2, 0.25) is 5.91 Å². The summed E-state index contributed by atoms with van der Waals surface area (Å²) in [7, 11) is 1.68. The Balaban J connectivity index is 1.59. The molecular weight excluding hydrogens is 330 g/mol. The van der Waals surface area contributed by atoms with E-state index in [2.05, 4.69) is 0 Å². The fourth-order valence-corrected chi connectivity index (χ4v) is 3.29. The van der Waals surface area contributed by atoms with Gasteiger partial charge in [-0.05, 0) is 24.1 Å². The molecule has 9 heteroatoms. The number of carbonyl (C=O) groups is 2. The number of hydrogen-bond acceptors (Lipinski definition) is 6. The number of nitrogens with zero attached hydrogens (tertiary/aromatic N) is 3. The van der Waals surface area contributed by atoms with Gasteiger partial charge in [-0.15, -0.1) is 0 Å². The molecule has 2 heterocycles. The molecule has 1 aromatic carbocycles. The Bertz CT molecular complexity index is 692. The molecule has 1 aromatic rings. The summed E-state index contributed by atoms with van der Waals surface area (Å²) in [5, 5.41) is 20.5. The van der Waals surface area contributed by atoms with Gasteiger partial charge in [-0.1, -0.05) is 0 Å². The van der Waals surface area contributed by atoms with Crippen LogP contribution >= 0.6 is 0 Å². The van der Waals surface area contributed by atoms with Crippen LogP contribution in [0, 0.1) is 10.1 Å². The van der Waals surface area contributed by atoms with Crippen molar-refractivity contribution in [3.05, 3.63) is 39.9 Å². The minimum atomic E-state index is -0.638. The molecule has 0 radical (unpaired) electrons. The first-order chi connectivity index (χ1) is 11.9. The van der Waals surface area contributed by atoms with Crippen LogP contribution < -0.4 is 0 Å². The average Bonchev–Trinajstić information content (AvgIpc) is 2.98. The van der Waals surface area contributed by atoms with E-state index >= 15 is 0 Å². The lowest BCUT2D eigenvalue weighted by atomic mass is 9.93. The number of likely N-dealkylation sites (tertiary alicyclic amines) is 2. The Morgan fingerprint density at radius 2 is 2.04 bits per heavy atom. The number of aliphatic hydroxyl groups excluding tert-OH is 1. The Morgan fingerprint density at radius 3 is 2.60 bits per heavy atom. The smallest absolute Gasteiger partial charge is 0.410 e. The van der Waals surface area contributed by atoms with E-state index in [1.807, 2.05) is 0 Å². The van der Waals surface area contributed by atoms with Gasteiger partial charge in [0.25, 0.3) is 5.69 Å². The lowest BCUT2D eigenvalue weighted by molar-refractivity contribution is -0.384. The quantitative estimate of drug-likeness (QED) is 0.491. The summed E-state index contributed by atoms with van der Waals surface area (Å²) in [5.41, 5.74) is 0.599. The molecule has 3 atom stereocenters. The number of β-amino-alcohol motifs (C(OH)–C–C–N with tert-alkyl or cyclic N) is 1. The summed E-state index contributed by atoms with van der Waals surface area (Å²) in [4.78, 5) is 37.0. The van der Waals surface area contributed by atoms with E-state index in [0.717, 1.165) is 0 Å². The molecule has 2 fully saturated rings. The maximum Gasteiger partial charge on any atom is 0.410 e. The first-order valence-corrected chi connectivity index (χ1v) is 7.97. The topological polar surface area (TPSA) is 113 Å². The Morgan fingerprint density at radius 1 is 1.36 bits per heavy atom. The summed E-state index contributed by atoms with van der Waals surface area (Å²) in [5.74, 6) is 0.0191. The van der Waals surface area contributed by atoms with E-state index in [-0.39, 0.29) is 36.8 Å². The molecular formula is C16H19N3O6. The van der Waals surface area contributed by atoms with Crippen LogP contribution in [0.25, 0.3) is 0 Å². The molecule has 1 unspecified atom stereocenters. The van der Waals surface area contributed by atoms with Crippen LogP contribution in [0.4, 0.5) is 10.5 Å². The molecule has 0 bridgehead atoms. The number of hydrogen-bond donors (Lipinski definition) is 1. The molecule has 134 valence electrons. The van der Waals surface area contributed by atoms with Gasteiger partial charge >= 0.3 is 6.09 Å². The largest absolute Gasteiger partial charge is 0.445 e. The van der Waals surface area contributed by atoms with E-state index in [1.165, 1.54) is 29.2 Å². The van der Waals surface area contributed by atoms with Crippen LogP contribution in [0.3, 0.4) is 0 Å². The fraction of sp³-hybridized carbons (Fsp3) is 0.500. The second kappa shape index (κ2) is 6.67. The van der Waals surface area contributed by atoms with Gasteiger partial charge in [-0.3, -0.25) is 14.9 Å². The van der Waals surface area contributed by atoms with Crippen LogP contribution in [0.1, 0.15) is 18.4 Å². The summed E-state index contributed by atoms with van der Waals surface area (Å²) in [6.45, 7) is 0.151. The molecule has 1 N–H and O–H groups in total. The lowest BCUT2D eigenvalue weighted by Crippen LogP contribution is -2.59. The second-order valence-electron chi connectivity index (χ2n) is 6.36. The minimum Gasteiger partial charge on any atom is -0.445 e. The number of likely N-dealkylation sites (N-methyl/N-ethyl adjacent to an activating group) is 1. The number of benzene rings is 1. The normalized spacial score (nSPS) is 25.7. The van der Waals surface area contributed by atoms with Crippen molar-refractivity contribution in [3.63, 3.8) is 0 Å². The van der Waals surface area contributed by atoms with Crippen molar-refractivity contribution in [2.45, 2.75) is 37.6 Å². The number of rotatable bonds is 4. The van der Waals surface area contributed by atoms with Crippen LogP contribution in [0.5, 0.6) is 0 Å². The van der Waals surface area contributed by atoms with Gasteiger partial charge in [-0.25, -0.2) is 4.79 Å². The SMILES string of the molecule is CN1C(=O)CC1[C@@H]1C[C@@H](O)CN1C(=O)OCc1ccc([N+](=O)[O-])cc1. The zero-order valence-corrected chi connectivity index (χ0v) is 13.7. The number of non-ortho nitro benzene ring substituents is 1. The number of amides is 2. The lowest BCUT2D eigenvalue weighted by Gasteiger charge is -2.43. The molecule has 0 aromatic heterocycles. The minimum absolute atomic E-state index is 0.0183. The van der Waals surface area contributed by atoms with Gasteiger partial charge in [0.1, 0.15) is 6.61 Å². The first kappa shape index (κ1) is 17.2. The molecule has 2 aliphatic rings. The van der Waals surface area contributed by atoms with E-state index < -0.39 is 17.1 Å². The van der Waals surface area contributed by atoms with Crippen molar-refractivity contribution < 1.29 is 24.4 Å². The molecule has 3 rings (SSSR count). The first-order valence-electron chi connectivity index (χ1n) is 7.97. The van der Waals surface area contributed by atoms with Gasteiger partial charge in [-0.2, -0.15) is 0 Å². The Hall–Kier alpha value is -2.68. The van der Waals surface area contributed by atoms with E-state index in [1.54, 1.807) is 11.9 Å². The third-order valence-corrected chi connectivity index (χ3v) is 4.78. The van der Waals surface area contributed by atoms with E-state index in [0.29, 0.717) is 18.4 Å². The number of aliphatic hydroxyl groups is 1. The Kier molecular flexibility index (Phi) is 4.58. The summed E-state index contributed by atoms with van der Waals surface area (Å²) < 4.78 is 5.27. The predicted molar refractivity (Wildman–Crippen MR) is 85.6 cm³/mol. The number of carbonyl (C=O) groups excluding carboxylic acids is 2. The van der Waals surface area contributed by atoms with Gasteiger partial charge < -0.3 is 19.6 Å². The van der Waals surface area contributed by atoms with Crippen molar-refractivity contribution in [3.8, 4) is 0 Å². The van der Waals surface area contributed by atoms with Gasteiger partial charge in [0.05, 0.1) is 29.7 Å². The monoisotopic (exact) mass is 349 g/mol. The van der Waals surface area contributed by atoms with Crippen molar-refractivity contribution in [2.24, 2.45) is 0 Å². The molecule has 2 amide bonds. The fourth-order valence-electron chi connectivity index (χ4n) is 3.29. The average molecular weight is 349 g/mol. The van der Waals surface area contributed by atoms with E-state index in [4.69, 9.17) is 4.74 Å². The molecule has 0 aliphatic carbocycles. The number of ether oxygens (including phenoxy) is 1. The maximum absolute atomic E-state index is 12.4.